The van der Waals surface area contributed by atoms with Crippen molar-refractivity contribution in [1.82, 2.24) is 19.9 Å². The first kappa shape index (κ1) is 30.3. The zero-order valence-corrected chi connectivity index (χ0v) is 24.4. The summed E-state index contributed by atoms with van der Waals surface area (Å²) in [6, 6.07) is 3.70. The monoisotopic (exact) mass is 589 g/mol. The van der Waals surface area contributed by atoms with Crippen LogP contribution in [0, 0.1) is 18.7 Å². The molecule has 3 aliphatic heterocycles. The average molecular weight is 590 g/mol. The van der Waals surface area contributed by atoms with E-state index in [0.29, 0.717) is 36.3 Å². The van der Waals surface area contributed by atoms with Crippen LogP contribution in [0.1, 0.15) is 58.1 Å². The first-order valence-corrected chi connectivity index (χ1v) is 14.5. The van der Waals surface area contributed by atoms with Crippen LogP contribution in [0.25, 0.3) is 11.3 Å². The summed E-state index contributed by atoms with van der Waals surface area (Å²) in [5, 5.41) is 44.8. The highest BCUT2D eigenvalue weighted by Gasteiger charge is 2.47. The predicted molar refractivity (Wildman–Crippen MR) is 149 cm³/mol. The smallest absolute Gasteiger partial charge is 0.410 e. The lowest BCUT2D eigenvalue weighted by Gasteiger charge is -2.42. The molecule has 0 saturated carbocycles. The number of aromatic nitrogens is 3. The Bertz CT molecular complexity index is 1290. The van der Waals surface area contributed by atoms with Gasteiger partial charge in [-0.25, -0.2) is 13.9 Å². The molecule has 1 unspecified atom stereocenters. The van der Waals surface area contributed by atoms with E-state index in [2.05, 4.69) is 15.5 Å². The first-order valence-electron chi connectivity index (χ1n) is 14.5. The number of likely N-dealkylation sites (tertiary alicyclic amines) is 1. The van der Waals surface area contributed by atoms with Gasteiger partial charge in [-0.1, -0.05) is 22.5 Å². The minimum absolute atomic E-state index is 0.172. The molecule has 1 aromatic carbocycles. The Balaban J connectivity index is 1.21. The summed E-state index contributed by atoms with van der Waals surface area (Å²) in [7, 11) is 0. The molecule has 0 bridgehead atoms. The molecule has 2 aromatic rings. The third-order valence-electron chi connectivity index (χ3n) is 8.22. The number of ether oxygens (including phenoxy) is 2. The van der Waals surface area contributed by atoms with Gasteiger partial charge in [0.1, 0.15) is 47.6 Å². The van der Waals surface area contributed by atoms with Gasteiger partial charge in [0.05, 0.1) is 24.6 Å². The Morgan fingerprint density at radius 1 is 1.17 bits per heavy atom. The molecule has 12 nitrogen and oxygen atoms in total. The Labute approximate surface area is 244 Å². The molecule has 1 amide bonds. The molecule has 3 aliphatic rings. The highest BCUT2D eigenvalue weighted by atomic mass is 19.1. The summed E-state index contributed by atoms with van der Waals surface area (Å²) in [5.74, 6) is -0.203. The standard InChI is InChI=1S/C29H40FN5O7/c1-16-19(6-5-7-20(16)30)22-14-35(33-31-22)25-26(37)23(40-24(15-36)27(25)38)13-18-12-21(32-42-18)17-8-10-34(11-9-17)28(39)41-29(2,3)4/h5-7,14,17-18,23-27,36-38H,8-13,15H2,1-4H3/t18?,23-,24-,25-,26+,27+/m1/s1. The van der Waals surface area contributed by atoms with E-state index in [0.717, 1.165) is 18.6 Å². The van der Waals surface area contributed by atoms with Crippen molar-refractivity contribution in [2.24, 2.45) is 11.1 Å². The number of aliphatic hydroxyl groups excluding tert-OH is 3. The number of aliphatic hydroxyl groups is 3. The average Bonchev–Trinajstić information content (AvgIpc) is 3.61. The minimum atomic E-state index is -1.27. The van der Waals surface area contributed by atoms with Gasteiger partial charge in [0.2, 0.25) is 0 Å². The summed E-state index contributed by atoms with van der Waals surface area (Å²) in [5.41, 5.74) is 1.72. The normalized spacial score (nSPS) is 28.9. The number of nitrogens with zero attached hydrogens (tertiary/aromatic N) is 5. The van der Waals surface area contributed by atoms with Gasteiger partial charge in [-0.05, 0) is 52.2 Å². The van der Waals surface area contributed by atoms with Crippen molar-refractivity contribution in [3.63, 3.8) is 0 Å². The lowest BCUT2D eigenvalue weighted by Crippen LogP contribution is -2.56. The highest BCUT2D eigenvalue weighted by molar-refractivity contribution is 5.88. The van der Waals surface area contributed by atoms with Gasteiger partial charge < -0.3 is 34.5 Å². The van der Waals surface area contributed by atoms with Gasteiger partial charge in [-0.15, -0.1) is 5.10 Å². The number of carbonyl (C=O) groups excluding carboxylic acids is 1. The zero-order chi connectivity index (χ0) is 30.2. The number of oxime groups is 1. The van der Waals surface area contributed by atoms with Crippen molar-refractivity contribution >= 4 is 11.8 Å². The van der Waals surface area contributed by atoms with Gasteiger partial charge in [0.25, 0.3) is 0 Å². The van der Waals surface area contributed by atoms with Crippen LogP contribution in [0.2, 0.25) is 0 Å². The summed E-state index contributed by atoms with van der Waals surface area (Å²) in [6.07, 6.45) is -1.03. The number of rotatable bonds is 6. The number of piperidine rings is 1. The van der Waals surface area contributed by atoms with Gasteiger partial charge in [0, 0.05) is 37.4 Å². The maximum Gasteiger partial charge on any atom is 0.410 e. The lowest BCUT2D eigenvalue weighted by atomic mass is 9.86. The Morgan fingerprint density at radius 2 is 1.88 bits per heavy atom. The summed E-state index contributed by atoms with van der Waals surface area (Å²) < 4.78 is 26.9. The van der Waals surface area contributed by atoms with E-state index in [9.17, 15) is 24.5 Å². The fourth-order valence-electron chi connectivity index (χ4n) is 5.92. The molecular weight excluding hydrogens is 549 g/mol. The van der Waals surface area contributed by atoms with Crippen molar-refractivity contribution in [3.8, 4) is 11.3 Å². The van der Waals surface area contributed by atoms with Crippen molar-refractivity contribution in [3.05, 3.63) is 35.8 Å². The number of halogens is 1. The molecule has 2 fully saturated rings. The van der Waals surface area contributed by atoms with E-state index in [4.69, 9.17) is 14.3 Å². The lowest BCUT2D eigenvalue weighted by molar-refractivity contribution is -0.212. The van der Waals surface area contributed by atoms with E-state index in [1.165, 1.54) is 10.7 Å². The number of hydrogen-bond acceptors (Lipinski definition) is 10. The van der Waals surface area contributed by atoms with Crippen molar-refractivity contribution in [2.45, 2.75) is 95.5 Å². The Kier molecular flexibility index (Phi) is 8.83. The predicted octanol–water partition coefficient (Wildman–Crippen LogP) is 2.60. The van der Waals surface area contributed by atoms with Gasteiger partial charge in [-0.3, -0.25) is 0 Å². The van der Waals surface area contributed by atoms with Crippen LogP contribution in [-0.4, -0.2) is 103 Å². The fraction of sp³-hybridized carbons (Fsp3) is 0.655. The molecule has 42 heavy (non-hydrogen) atoms. The Morgan fingerprint density at radius 3 is 2.57 bits per heavy atom. The van der Waals surface area contributed by atoms with Crippen LogP contribution in [0.3, 0.4) is 0 Å². The topological polar surface area (TPSA) is 152 Å². The van der Waals surface area contributed by atoms with Crippen LogP contribution in [0.5, 0.6) is 0 Å². The Hall–Kier alpha value is -3.13. The molecular formula is C29H40FN5O7. The number of amides is 1. The maximum absolute atomic E-state index is 14.1. The van der Waals surface area contributed by atoms with Crippen LogP contribution >= 0.6 is 0 Å². The largest absolute Gasteiger partial charge is 0.444 e. The number of benzene rings is 1. The molecule has 0 aliphatic carbocycles. The molecule has 2 saturated heterocycles. The third-order valence-corrected chi connectivity index (χ3v) is 8.22. The summed E-state index contributed by atoms with van der Waals surface area (Å²) in [6.45, 7) is 7.85. The second-order valence-corrected chi connectivity index (χ2v) is 12.4. The maximum atomic E-state index is 14.1. The molecule has 1 aromatic heterocycles. The SMILES string of the molecule is Cc1c(F)cccc1-c1cn([C@H]2[C@@H](O)[C@@H](CO)O[C@H](CC3CC(C4CCN(C(=O)OC(C)(C)C)CC4)=NO3)[C@@H]2O)nn1. The van der Waals surface area contributed by atoms with Crippen molar-refractivity contribution in [1.29, 1.82) is 0 Å². The molecule has 6 atom stereocenters. The quantitative estimate of drug-likeness (QED) is 0.462. The molecule has 0 spiro atoms. The van der Waals surface area contributed by atoms with E-state index < -0.39 is 42.7 Å². The van der Waals surface area contributed by atoms with Crippen molar-refractivity contribution in [2.75, 3.05) is 19.7 Å². The van der Waals surface area contributed by atoms with Crippen LogP contribution < -0.4 is 0 Å². The second-order valence-electron chi connectivity index (χ2n) is 12.4. The van der Waals surface area contributed by atoms with Gasteiger partial charge >= 0.3 is 6.09 Å². The molecule has 4 heterocycles. The van der Waals surface area contributed by atoms with Crippen LogP contribution in [0.4, 0.5) is 9.18 Å². The summed E-state index contributed by atoms with van der Waals surface area (Å²) >= 11 is 0. The zero-order valence-electron chi connectivity index (χ0n) is 24.4. The highest BCUT2D eigenvalue weighted by Crippen LogP contribution is 2.35. The van der Waals surface area contributed by atoms with E-state index in [1.54, 1.807) is 30.2 Å². The molecule has 3 N–H and O–H groups in total. The number of carbonyl (C=O) groups is 1. The molecule has 230 valence electrons. The molecule has 13 heteroatoms. The molecule has 5 rings (SSSR count). The van der Waals surface area contributed by atoms with E-state index >= 15 is 0 Å². The van der Waals surface area contributed by atoms with Crippen LogP contribution in [0.15, 0.2) is 29.6 Å². The fourth-order valence-corrected chi connectivity index (χ4v) is 5.92. The first-order chi connectivity index (χ1) is 19.9. The summed E-state index contributed by atoms with van der Waals surface area (Å²) in [4.78, 5) is 19.8. The molecule has 0 radical (unpaired) electrons. The van der Waals surface area contributed by atoms with E-state index in [1.807, 2.05) is 20.8 Å². The van der Waals surface area contributed by atoms with Gasteiger partial charge in [-0.2, -0.15) is 0 Å². The van der Waals surface area contributed by atoms with Crippen molar-refractivity contribution < 1.29 is 38.8 Å². The van der Waals surface area contributed by atoms with Gasteiger partial charge in [0.15, 0.2) is 0 Å². The number of hydrogen-bond donors (Lipinski definition) is 3. The minimum Gasteiger partial charge on any atom is -0.444 e. The third kappa shape index (κ3) is 6.43. The second kappa shape index (κ2) is 12.2. The van der Waals surface area contributed by atoms with Crippen LogP contribution in [-0.2, 0) is 14.3 Å². The van der Waals surface area contributed by atoms with E-state index in [-0.39, 0.29) is 30.4 Å².